The van der Waals surface area contributed by atoms with Crippen LogP contribution in [0.25, 0.3) is 11.1 Å². The summed E-state index contributed by atoms with van der Waals surface area (Å²) in [6.45, 7) is 9.39. The van der Waals surface area contributed by atoms with Crippen LogP contribution < -0.4 is 10.8 Å². The van der Waals surface area contributed by atoms with Gasteiger partial charge in [-0.15, -0.1) is 0 Å². The molecule has 0 saturated carbocycles. The molecule has 2 aromatic rings. The number of hydrogen-bond donors (Lipinski definition) is 3. The molecule has 0 bridgehead atoms. The number of aryl methyl sites for hydroxylation is 1. The largest absolute Gasteiger partial charge is 0.370 e. The van der Waals surface area contributed by atoms with Crippen molar-refractivity contribution in [2.75, 3.05) is 0 Å². The quantitative estimate of drug-likeness (QED) is 0.450. The van der Waals surface area contributed by atoms with E-state index >= 15 is 0 Å². The Morgan fingerprint density at radius 1 is 1.00 bits per heavy atom. The number of rotatable bonds is 8. The maximum Gasteiger partial charge on any atom is 0.268 e. The Hall–Kier alpha value is -2.70. The van der Waals surface area contributed by atoms with E-state index in [2.05, 4.69) is 36.5 Å². The van der Waals surface area contributed by atoms with Crippen molar-refractivity contribution >= 4 is 11.8 Å². The van der Waals surface area contributed by atoms with Crippen molar-refractivity contribution in [2.45, 2.75) is 65.2 Å². The van der Waals surface area contributed by atoms with E-state index < -0.39 is 29.6 Å². The van der Waals surface area contributed by atoms with Gasteiger partial charge in [0.1, 0.15) is 6.04 Å². The van der Waals surface area contributed by atoms with E-state index in [4.69, 9.17) is 9.94 Å². The molecule has 2 atom stereocenters. The third-order valence-corrected chi connectivity index (χ3v) is 4.66. The summed E-state index contributed by atoms with van der Waals surface area (Å²) in [5.41, 5.74) is 4.89. The predicted octanol–water partition coefficient (Wildman–Crippen LogP) is 4.11. The fourth-order valence-electron chi connectivity index (χ4n) is 3.28. The Morgan fingerprint density at radius 2 is 1.53 bits per heavy atom. The molecule has 2 amide bonds. The van der Waals surface area contributed by atoms with Gasteiger partial charge in [-0.05, 0) is 62.9 Å². The highest BCUT2D eigenvalue weighted by Crippen LogP contribution is 2.21. The van der Waals surface area contributed by atoms with Crippen LogP contribution in [0.3, 0.4) is 0 Å². The molecule has 0 radical (unpaired) electrons. The lowest BCUT2D eigenvalue weighted by molar-refractivity contribution is -0.138. The third kappa shape index (κ3) is 6.68. The molecule has 0 aromatic heterocycles. The van der Waals surface area contributed by atoms with Gasteiger partial charge in [0.05, 0.1) is 11.7 Å². The first-order valence-electron chi connectivity index (χ1n) is 10.3. The van der Waals surface area contributed by atoms with Crippen LogP contribution in [0.5, 0.6) is 0 Å². The van der Waals surface area contributed by atoms with Gasteiger partial charge in [0, 0.05) is 5.56 Å². The van der Waals surface area contributed by atoms with Crippen LogP contribution in [-0.4, -0.2) is 34.8 Å². The van der Waals surface area contributed by atoms with Gasteiger partial charge < -0.3 is 10.1 Å². The Balaban J connectivity index is 2.12. The molecule has 0 aliphatic rings. The molecule has 162 valence electrons. The van der Waals surface area contributed by atoms with E-state index in [9.17, 15) is 9.59 Å². The molecule has 0 fully saturated rings. The first kappa shape index (κ1) is 23.6. The number of hydrogen-bond acceptors (Lipinski definition) is 4. The Morgan fingerprint density at radius 3 is 2.00 bits per heavy atom. The fourth-order valence-corrected chi connectivity index (χ4v) is 3.28. The summed E-state index contributed by atoms with van der Waals surface area (Å²) >= 11 is 0. The highest BCUT2D eigenvalue weighted by Gasteiger charge is 2.30. The summed E-state index contributed by atoms with van der Waals surface area (Å²) in [5, 5.41) is 11.7. The van der Waals surface area contributed by atoms with Crippen LogP contribution in [-0.2, 0) is 16.0 Å². The van der Waals surface area contributed by atoms with Gasteiger partial charge in [-0.2, -0.15) is 0 Å². The minimum atomic E-state index is -1.03. The molecule has 0 unspecified atom stereocenters. The average molecular weight is 413 g/mol. The van der Waals surface area contributed by atoms with E-state index in [1.54, 1.807) is 24.5 Å². The maximum atomic E-state index is 12.7. The van der Waals surface area contributed by atoms with E-state index in [0.29, 0.717) is 5.56 Å². The molecule has 6 nitrogen and oxygen atoms in total. The van der Waals surface area contributed by atoms with E-state index in [1.165, 1.54) is 5.56 Å². The normalized spacial score (nSPS) is 13.4. The maximum absolute atomic E-state index is 12.7. The van der Waals surface area contributed by atoms with Crippen molar-refractivity contribution < 1.29 is 19.5 Å². The van der Waals surface area contributed by atoms with Crippen molar-refractivity contribution in [1.82, 2.24) is 10.8 Å². The topological polar surface area (TPSA) is 87.7 Å². The number of amides is 2. The van der Waals surface area contributed by atoms with Crippen LogP contribution in [0.2, 0.25) is 0 Å². The van der Waals surface area contributed by atoms with Crippen LogP contribution >= 0.6 is 0 Å². The molecule has 0 aliphatic heterocycles. The second-order valence-corrected chi connectivity index (χ2v) is 8.39. The lowest BCUT2D eigenvalue weighted by Gasteiger charge is -2.30. The van der Waals surface area contributed by atoms with Gasteiger partial charge in [0.25, 0.3) is 11.8 Å². The molecule has 6 heteroatoms. The van der Waals surface area contributed by atoms with Crippen molar-refractivity contribution in [3.63, 3.8) is 0 Å². The number of carbonyl (C=O) groups is 2. The smallest absolute Gasteiger partial charge is 0.268 e. The van der Waals surface area contributed by atoms with Crippen LogP contribution in [0.1, 0.15) is 57.0 Å². The Labute approximate surface area is 178 Å². The Kier molecular flexibility index (Phi) is 8.15. The third-order valence-electron chi connectivity index (χ3n) is 4.66. The van der Waals surface area contributed by atoms with Gasteiger partial charge in [-0.3, -0.25) is 14.8 Å². The summed E-state index contributed by atoms with van der Waals surface area (Å²) in [6.07, 6.45) is 1.53. The van der Waals surface area contributed by atoms with Crippen molar-refractivity contribution in [2.24, 2.45) is 0 Å². The molecule has 0 heterocycles. The number of carbonyl (C=O) groups excluding carboxylic acids is 2. The minimum Gasteiger partial charge on any atom is -0.370 e. The van der Waals surface area contributed by atoms with Crippen LogP contribution in [0, 0.1) is 0 Å². The van der Waals surface area contributed by atoms with Crippen LogP contribution in [0.15, 0.2) is 48.5 Å². The first-order chi connectivity index (χ1) is 14.1. The van der Waals surface area contributed by atoms with E-state index in [0.717, 1.165) is 24.0 Å². The van der Waals surface area contributed by atoms with E-state index in [1.807, 2.05) is 32.9 Å². The van der Waals surface area contributed by atoms with Gasteiger partial charge in [-0.25, -0.2) is 5.48 Å². The van der Waals surface area contributed by atoms with Gasteiger partial charge in [0.15, 0.2) is 0 Å². The zero-order valence-electron chi connectivity index (χ0n) is 18.4. The summed E-state index contributed by atoms with van der Waals surface area (Å²) in [7, 11) is 0. The SMILES string of the molecule is CCCc1ccc(-c2ccc(C(=O)N[C@H](C(=O)NO)[C@@H](C)OC(C)(C)C)cc2)cc1. The van der Waals surface area contributed by atoms with Crippen molar-refractivity contribution in [3.05, 3.63) is 59.7 Å². The zero-order chi connectivity index (χ0) is 22.3. The predicted molar refractivity (Wildman–Crippen MR) is 117 cm³/mol. The second-order valence-electron chi connectivity index (χ2n) is 8.39. The monoisotopic (exact) mass is 412 g/mol. The highest BCUT2D eigenvalue weighted by molar-refractivity contribution is 5.98. The van der Waals surface area contributed by atoms with Crippen molar-refractivity contribution in [1.29, 1.82) is 0 Å². The number of nitrogens with one attached hydrogen (secondary N) is 2. The van der Waals surface area contributed by atoms with Gasteiger partial charge in [0.2, 0.25) is 0 Å². The molecule has 3 N–H and O–H groups in total. The standard InChI is InChI=1S/C24H32N2O4/c1-6-7-17-8-10-18(11-9-17)19-12-14-20(15-13-19)22(27)25-21(23(28)26-29)16(2)30-24(3,4)5/h8-16,21,29H,6-7H2,1-5H3,(H,25,27)(H,26,28)/t16-,21+/m1/s1. The molecular weight excluding hydrogens is 380 g/mol. The fraction of sp³-hybridized carbons (Fsp3) is 0.417. The first-order valence-corrected chi connectivity index (χ1v) is 10.3. The van der Waals surface area contributed by atoms with Crippen molar-refractivity contribution in [3.8, 4) is 11.1 Å². The molecule has 2 rings (SSSR count). The summed E-state index contributed by atoms with van der Waals surface area (Å²) in [5.74, 6) is -1.15. The summed E-state index contributed by atoms with van der Waals surface area (Å²) < 4.78 is 5.78. The molecule has 0 aliphatic carbocycles. The number of benzene rings is 2. The van der Waals surface area contributed by atoms with Gasteiger partial charge in [-0.1, -0.05) is 49.7 Å². The zero-order valence-corrected chi connectivity index (χ0v) is 18.4. The minimum absolute atomic E-state index is 0.417. The lowest BCUT2D eigenvalue weighted by atomic mass is 10.0. The van der Waals surface area contributed by atoms with Gasteiger partial charge >= 0.3 is 0 Å². The second kappa shape index (κ2) is 10.4. The highest BCUT2D eigenvalue weighted by atomic mass is 16.5. The molecule has 0 saturated heterocycles. The lowest BCUT2D eigenvalue weighted by Crippen LogP contribution is -2.53. The molecule has 2 aromatic carbocycles. The Bertz CT molecular complexity index is 839. The van der Waals surface area contributed by atoms with Crippen LogP contribution in [0.4, 0.5) is 0 Å². The molecule has 30 heavy (non-hydrogen) atoms. The summed E-state index contributed by atoms with van der Waals surface area (Å²) in [4.78, 5) is 24.7. The van der Waals surface area contributed by atoms with E-state index in [-0.39, 0.29) is 0 Å². The summed E-state index contributed by atoms with van der Waals surface area (Å²) in [6, 6.07) is 14.5. The molecular formula is C24H32N2O4. The number of ether oxygens (including phenoxy) is 1. The average Bonchev–Trinajstić information content (AvgIpc) is 2.71. The molecule has 0 spiro atoms. The number of hydroxylamine groups is 1.